The molecule has 1 amide bonds. The zero-order valence-corrected chi connectivity index (χ0v) is 16.5. The molecule has 1 aromatic carbocycles. The van der Waals surface area contributed by atoms with Crippen molar-refractivity contribution in [1.82, 2.24) is 9.80 Å². The van der Waals surface area contributed by atoms with E-state index in [1.54, 1.807) is 13.0 Å². The zero-order valence-electron chi connectivity index (χ0n) is 15.7. The molecule has 6 nitrogen and oxygen atoms in total. The number of aliphatic imine (C=N–C) groups is 1. The summed E-state index contributed by atoms with van der Waals surface area (Å²) in [4.78, 5) is 20.5. The summed E-state index contributed by atoms with van der Waals surface area (Å²) in [5.41, 5.74) is 1.06. The smallest absolute Gasteiger partial charge is 0.252 e. The molecule has 0 spiro atoms. The van der Waals surface area contributed by atoms with E-state index in [1.807, 2.05) is 4.90 Å². The van der Waals surface area contributed by atoms with Gasteiger partial charge in [-0.3, -0.25) is 14.7 Å². The number of nitrogens with zero attached hydrogens (tertiary/aromatic N) is 3. The average Bonchev–Trinajstić information content (AvgIpc) is 3.08. The molecule has 152 valence electrons. The Morgan fingerprint density at radius 1 is 1.21 bits per heavy atom. The lowest BCUT2D eigenvalue weighted by Crippen LogP contribution is -2.45. The van der Waals surface area contributed by atoms with Crippen molar-refractivity contribution in [1.29, 1.82) is 0 Å². The van der Waals surface area contributed by atoms with Gasteiger partial charge in [-0.15, -0.1) is 0 Å². The number of hydrogen-bond acceptors (Lipinski definition) is 5. The van der Waals surface area contributed by atoms with E-state index in [0.717, 1.165) is 5.71 Å². The van der Waals surface area contributed by atoms with Gasteiger partial charge in [-0.05, 0) is 25.1 Å². The van der Waals surface area contributed by atoms with E-state index in [2.05, 4.69) is 4.99 Å². The van der Waals surface area contributed by atoms with Crippen LogP contribution in [0.5, 0.6) is 0 Å². The van der Waals surface area contributed by atoms with Crippen molar-refractivity contribution in [3.05, 3.63) is 47.0 Å². The number of allylic oxidation sites excluding steroid dienone is 1. The molecular formula is C19H23F2N3O3S. The van der Waals surface area contributed by atoms with Crippen molar-refractivity contribution >= 4 is 21.5 Å². The number of rotatable bonds is 6. The second kappa shape index (κ2) is 8.48. The largest absolute Gasteiger partial charge is 0.333 e. The van der Waals surface area contributed by atoms with Crippen molar-refractivity contribution < 1.29 is 22.0 Å². The first kappa shape index (κ1) is 20.6. The fourth-order valence-corrected chi connectivity index (χ4v) is 4.53. The molecule has 0 N–H and O–H groups in total. The maximum absolute atomic E-state index is 14.1. The van der Waals surface area contributed by atoms with Crippen molar-refractivity contribution in [2.24, 2.45) is 4.99 Å². The average molecular weight is 411 g/mol. The lowest BCUT2D eigenvalue weighted by molar-refractivity contribution is -0.128. The molecule has 3 rings (SSSR count). The number of carbonyl (C=O) groups is 1. The van der Waals surface area contributed by atoms with Gasteiger partial charge in [0, 0.05) is 43.0 Å². The molecule has 9 heteroatoms. The Kier molecular flexibility index (Phi) is 6.24. The molecule has 0 aromatic heterocycles. The highest BCUT2D eigenvalue weighted by atomic mass is 32.2. The molecule has 0 aliphatic carbocycles. The quantitative estimate of drug-likeness (QED) is 0.710. The second-order valence-electron chi connectivity index (χ2n) is 7.05. The van der Waals surface area contributed by atoms with Gasteiger partial charge < -0.3 is 4.90 Å². The van der Waals surface area contributed by atoms with Crippen LogP contribution >= 0.6 is 0 Å². The van der Waals surface area contributed by atoms with Crippen molar-refractivity contribution in [3.8, 4) is 0 Å². The van der Waals surface area contributed by atoms with Gasteiger partial charge in [-0.25, -0.2) is 17.2 Å². The summed E-state index contributed by atoms with van der Waals surface area (Å²) in [6, 6.07) is 3.61. The minimum absolute atomic E-state index is 0.0844. The number of sulfone groups is 1. The minimum atomic E-state index is -3.00. The molecule has 2 heterocycles. The molecule has 0 radical (unpaired) electrons. The summed E-state index contributed by atoms with van der Waals surface area (Å²) < 4.78 is 51.3. The molecule has 0 bridgehead atoms. The Balaban J connectivity index is 1.73. The first-order chi connectivity index (χ1) is 13.2. The molecule has 28 heavy (non-hydrogen) atoms. The Morgan fingerprint density at radius 3 is 2.43 bits per heavy atom. The number of benzene rings is 1. The Labute approximate surface area is 163 Å². The SMILES string of the molecule is CC1=NCC(C(=O)N(CCN2CCS(=O)(=O)CC2)Cc2c(F)cccc2F)=C1. The van der Waals surface area contributed by atoms with E-state index >= 15 is 0 Å². The maximum atomic E-state index is 14.1. The van der Waals surface area contributed by atoms with Gasteiger partial charge in [0.25, 0.3) is 5.91 Å². The lowest BCUT2D eigenvalue weighted by Gasteiger charge is -2.30. The van der Waals surface area contributed by atoms with Gasteiger partial charge in [0.15, 0.2) is 9.84 Å². The predicted octanol–water partition coefficient (Wildman–Crippen LogP) is 1.42. The first-order valence-corrected chi connectivity index (χ1v) is 10.9. The molecule has 2 aliphatic rings. The fraction of sp³-hybridized carbons (Fsp3) is 0.474. The van der Waals surface area contributed by atoms with E-state index in [-0.39, 0.29) is 42.6 Å². The normalized spacial score (nSPS) is 19.2. The molecule has 0 saturated carbocycles. The highest BCUT2D eigenvalue weighted by Crippen LogP contribution is 2.18. The number of amides is 1. The Bertz CT molecular complexity index is 894. The molecule has 1 saturated heterocycles. The van der Waals surface area contributed by atoms with Crippen LogP contribution in [-0.4, -0.2) is 74.1 Å². The standard InChI is InChI=1S/C19H23F2N3O3S/c1-14-11-15(12-22-14)19(25)24(13-16-17(20)3-2-4-18(16)21)6-5-23-7-9-28(26,27)10-8-23/h2-4,11H,5-10,12-13H2,1H3. The minimum Gasteiger partial charge on any atom is -0.333 e. The van der Waals surface area contributed by atoms with E-state index in [0.29, 0.717) is 25.2 Å². The van der Waals surface area contributed by atoms with Crippen LogP contribution in [0.15, 0.2) is 34.8 Å². The van der Waals surface area contributed by atoms with Crippen molar-refractivity contribution in [3.63, 3.8) is 0 Å². The van der Waals surface area contributed by atoms with Crippen LogP contribution < -0.4 is 0 Å². The Hall–Kier alpha value is -2.13. The summed E-state index contributed by atoms with van der Waals surface area (Å²) in [5.74, 6) is -1.54. The number of hydrogen-bond donors (Lipinski definition) is 0. The van der Waals surface area contributed by atoms with Crippen molar-refractivity contribution in [2.45, 2.75) is 13.5 Å². The molecular weight excluding hydrogens is 388 g/mol. The van der Waals surface area contributed by atoms with Crippen LogP contribution in [0.4, 0.5) is 8.78 Å². The molecule has 1 fully saturated rings. The third-order valence-electron chi connectivity index (χ3n) is 4.98. The van der Waals surface area contributed by atoms with Gasteiger partial charge in [0.2, 0.25) is 0 Å². The molecule has 2 aliphatic heterocycles. The van der Waals surface area contributed by atoms with Gasteiger partial charge in [0.1, 0.15) is 11.6 Å². The summed E-state index contributed by atoms with van der Waals surface area (Å²) >= 11 is 0. The second-order valence-corrected chi connectivity index (χ2v) is 9.35. The van der Waals surface area contributed by atoms with E-state index < -0.39 is 21.5 Å². The van der Waals surface area contributed by atoms with E-state index in [4.69, 9.17) is 0 Å². The lowest BCUT2D eigenvalue weighted by atomic mass is 10.1. The zero-order chi connectivity index (χ0) is 20.3. The van der Waals surface area contributed by atoms with Gasteiger partial charge in [-0.2, -0.15) is 0 Å². The third kappa shape index (κ3) is 5.02. The van der Waals surface area contributed by atoms with Crippen LogP contribution in [0, 0.1) is 11.6 Å². The van der Waals surface area contributed by atoms with Crippen LogP contribution in [0.25, 0.3) is 0 Å². The highest BCUT2D eigenvalue weighted by molar-refractivity contribution is 7.91. The summed E-state index contributed by atoms with van der Waals surface area (Å²) in [6.07, 6.45) is 1.68. The van der Waals surface area contributed by atoms with Crippen LogP contribution in [-0.2, 0) is 21.2 Å². The number of carbonyl (C=O) groups excluding carboxylic acids is 1. The monoisotopic (exact) mass is 411 g/mol. The van der Waals surface area contributed by atoms with Crippen molar-refractivity contribution in [2.75, 3.05) is 44.2 Å². The molecule has 0 unspecified atom stereocenters. The van der Waals surface area contributed by atoms with Gasteiger partial charge >= 0.3 is 0 Å². The van der Waals surface area contributed by atoms with Crippen LogP contribution in [0.1, 0.15) is 12.5 Å². The van der Waals surface area contributed by atoms with Crippen LogP contribution in [0.3, 0.4) is 0 Å². The molecule has 1 aromatic rings. The maximum Gasteiger partial charge on any atom is 0.252 e. The van der Waals surface area contributed by atoms with Gasteiger partial charge in [0.05, 0.1) is 24.6 Å². The topological polar surface area (TPSA) is 70.1 Å². The van der Waals surface area contributed by atoms with E-state index in [9.17, 15) is 22.0 Å². The Morgan fingerprint density at radius 2 is 1.86 bits per heavy atom. The summed E-state index contributed by atoms with van der Waals surface area (Å²) in [6.45, 7) is 3.30. The molecule has 0 atom stereocenters. The first-order valence-electron chi connectivity index (χ1n) is 9.12. The predicted molar refractivity (Wildman–Crippen MR) is 103 cm³/mol. The highest BCUT2D eigenvalue weighted by Gasteiger charge is 2.26. The summed E-state index contributed by atoms with van der Waals surface area (Å²) in [5, 5.41) is 0. The summed E-state index contributed by atoms with van der Waals surface area (Å²) in [7, 11) is -3.00. The van der Waals surface area contributed by atoms with Crippen LogP contribution in [0.2, 0.25) is 0 Å². The van der Waals surface area contributed by atoms with Gasteiger partial charge in [-0.1, -0.05) is 6.07 Å². The number of halogens is 2. The van der Waals surface area contributed by atoms with E-state index in [1.165, 1.54) is 23.1 Å². The fourth-order valence-electron chi connectivity index (χ4n) is 3.25. The third-order valence-corrected chi connectivity index (χ3v) is 6.59.